The van der Waals surface area contributed by atoms with Crippen molar-refractivity contribution in [3.63, 3.8) is 0 Å². The van der Waals surface area contributed by atoms with Crippen LogP contribution in [0.4, 0.5) is 0 Å². The molecule has 1 aliphatic heterocycles. The molecule has 1 fully saturated rings. The van der Waals surface area contributed by atoms with Gasteiger partial charge in [-0.05, 0) is 22.3 Å². The van der Waals surface area contributed by atoms with Gasteiger partial charge in [0, 0.05) is 5.56 Å². The molecule has 0 N–H and O–H groups in total. The second-order valence-electron chi connectivity index (χ2n) is 7.25. The largest absolute Gasteiger partial charge is 0.337 e. The first-order valence-electron chi connectivity index (χ1n) is 9.95. The summed E-state index contributed by atoms with van der Waals surface area (Å²) in [5.74, 6) is 0. The summed E-state index contributed by atoms with van der Waals surface area (Å²) in [7, 11) is 0. The lowest BCUT2D eigenvalue weighted by atomic mass is 9.99. The first kappa shape index (κ1) is 17.9. The highest BCUT2D eigenvalue weighted by Gasteiger charge is 2.38. The number of benzene rings is 4. The second kappa shape index (κ2) is 8.04. The van der Waals surface area contributed by atoms with Gasteiger partial charge in [-0.25, -0.2) is 0 Å². The van der Waals surface area contributed by atoms with Crippen molar-refractivity contribution < 1.29 is 9.47 Å². The van der Waals surface area contributed by atoms with Crippen LogP contribution in [0.5, 0.6) is 0 Å². The first-order valence-corrected chi connectivity index (χ1v) is 9.95. The molecule has 0 bridgehead atoms. The quantitative estimate of drug-likeness (QED) is 0.385. The average molecular weight is 378 g/mol. The van der Waals surface area contributed by atoms with Crippen LogP contribution in [0, 0.1) is 0 Å². The third-order valence-electron chi connectivity index (χ3n) is 5.36. The summed E-state index contributed by atoms with van der Waals surface area (Å²) in [5, 5.41) is 0. The van der Waals surface area contributed by atoms with E-state index in [9.17, 15) is 0 Å². The molecule has 2 nitrogen and oxygen atoms in total. The summed E-state index contributed by atoms with van der Waals surface area (Å²) in [4.78, 5) is 0. The first-order chi connectivity index (χ1) is 14.4. The molecule has 29 heavy (non-hydrogen) atoms. The predicted molar refractivity (Wildman–Crippen MR) is 115 cm³/mol. The maximum atomic E-state index is 6.42. The molecular weight excluding hydrogens is 356 g/mol. The molecule has 0 amide bonds. The fourth-order valence-electron chi connectivity index (χ4n) is 3.85. The van der Waals surface area contributed by atoms with Gasteiger partial charge in [-0.2, -0.15) is 0 Å². The third-order valence-corrected chi connectivity index (χ3v) is 5.36. The van der Waals surface area contributed by atoms with Crippen LogP contribution in [0.25, 0.3) is 11.1 Å². The van der Waals surface area contributed by atoms with Crippen LogP contribution < -0.4 is 0 Å². The Morgan fingerprint density at radius 1 is 0.379 bits per heavy atom. The van der Waals surface area contributed by atoms with Crippen molar-refractivity contribution in [2.75, 3.05) is 0 Å². The Morgan fingerprint density at radius 3 is 1.28 bits per heavy atom. The molecule has 1 aliphatic rings. The minimum absolute atomic E-state index is 0.141. The molecule has 0 aliphatic carbocycles. The van der Waals surface area contributed by atoms with Crippen LogP contribution in [-0.4, -0.2) is 0 Å². The maximum absolute atomic E-state index is 6.42. The van der Waals surface area contributed by atoms with Crippen molar-refractivity contribution in [1.82, 2.24) is 0 Å². The summed E-state index contributed by atoms with van der Waals surface area (Å²) in [6.07, 6.45) is -0.676. The summed E-state index contributed by atoms with van der Waals surface area (Å²) in [6.45, 7) is 0. The molecule has 0 aromatic heterocycles. The normalized spacial score (nSPS) is 19.3. The van der Waals surface area contributed by atoms with E-state index in [1.807, 2.05) is 42.5 Å². The molecule has 0 unspecified atom stereocenters. The molecule has 2 heteroatoms. The maximum Gasteiger partial charge on any atom is 0.185 e. The second-order valence-corrected chi connectivity index (χ2v) is 7.25. The van der Waals surface area contributed by atoms with Crippen LogP contribution in [-0.2, 0) is 9.47 Å². The molecule has 0 radical (unpaired) electrons. The van der Waals surface area contributed by atoms with E-state index >= 15 is 0 Å². The standard InChI is InChI=1S/C27H22O2/c1-4-10-20(11-5-1)21-16-18-24(19-17-21)27-28-25(22-12-6-2-7-13-22)26(29-27)23-14-8-3-9-15-23/h1-19,25-27H/t25-,26-/m1/s1. The molecule has 5 rings (SSSR count). The van der Waals surface area contributed by atoms with Crippen LogP contribution in [0.1, 0.15) is 35.2 Å². The molecule has 4 aromatic carbocycles. The molecule has 2 atom stereocenters. The van der Waals surface area contributed by atoms with Gasteiger partial charge in [0.25, 0.3) is 0 Å². The van der Waals surface area contributed by atoms with Gasteiger partial charge < -0.3 is 9.47 Å². The summed E-state index contributed by atoms with van der Waals surface area (Å²) in [5.41, 5.74) is 5.68. The Hall–Kier alpha value is -3.20. The molecular formula is C27H22O2. The zero-order valence-electron chi connectivity index (χ0n) is 16.0. The van der Waals surface area contributed by atoms with Gasteiger partial charge >= 0.3 is 0 Å². The van der Waals surface area contributed by atoms with Crippen LogP contribution in [0.15, 0.2) is 115 Å². The van der Waals surface area contributed by atoms with E-state index in [1.165, 1.54) is 11.1 Å². The van der Waals surface area contributed by atoms with Gasteiger partial charge in [0.15, 0.2) is 6.29 Å². The van der Waals surface area contributed by atoms with Crippen molar-refractivity contribution >= 4 is 0 Å². The number of hydrogen-bond acceptors (Lipinski definition) is 2. The zero-order chi connectivity index (χ0) is 19.5. The molecule has 1 heterocycles. The van der Waals surface area contributed by atoms with Gasteiger partial charge in [-0.3, -0.25) is 0 Å². The molecule has 0 saturated carbocycles. The fourth-order valence-corrected chi connectivity index (χ4v) is 3.85. The Labute approximate surface area is 171 Å². The summed E-state index contributed by atoms with van der Waals surface area (Å²) in [6, 6.07) is 39.5. The lowest BCUT2D eigenvalue weighted by Crippen LogP contribution is -2.06. The van der Waals surface area contributed by atoms with E-state index in [0.717, 1.165) is 16.7 Å². The Morgan fingerprint density at radius 2 is 0.793 bits per heavy atom. The van der Waals surface area contributed by atoms with E-state index < -0.39 is 6.29 Å². The molecule has 0 spiro atoms. The number of rotatable bonds is 4. The lowest BCUT2D eigenvalue weighted by Gasteiger charge is -2.17. The van der Waals surface area contributed by atoms with E-state index in [-0.39, 0.29) is 12.2 Å². The highest BCUT2D eigenvalue weighted by molar-refractivity contribution is 5.63. The van der Waals surface area contributed by atoms with Gasteiger partial charge in [-0.15, -0.1) is 0 Å². The van der Waals surface area contributed by atoms with Gasteiger partial charge in [0.05, 0.1) is 0 Å². The number of hydrogen-bond donors (Lipinski definition) is 0. The van der Waals surface area contributed by atoms with Crippen LogP contribution in [0.3, 0.4) is 0 Å². The molecule has 142 valence electrons. The lowest BCUT2D eigenvalue weighted by molar-refractivity contribution is -0.0698. The molecule has 1 saturated heterocycles. The van der Waals surface area contributed by atoms with Gasteiger partial charge in [0.1, 0.15) is 12.2 Å². The minimum Gasteiger partial charge on any atom is -0.337 e. The molecule has 4 aromatic rings. The van der Waals surface area contributed by atoms with E-state index in [1.54, 1.807) is 0 Å². The van der Waals surface area contributed by atoms with E-state index in [2.05, 4.69) is 72.8 Å². The average Bonchev–Trinajstić information content (AvgIpc) is 3.27. The van der Waals surface area contributed by atoms with Crippen molar-refractivity contribution in [2.45, 2.75) is 18.5 Å². The fraction of sp³-hybridized carbons (Fsp3) is 0.111. The van der Waals surface area contributed by atoms with Crippen LogP contribution in [0.2, 0.25) is 0 Å². The highest BCUT2D eigenvalue weighted by Crippen LogP contribution is 2.47. The minimum atomic E-state index is -0.393. The Bertz CT molecular complexity index is 996. The smallest absolute Gasteiger partial charge is 0.185 e. The van der Waals surface area contributed by atoms with E-state index in [4.69, 9.17) is 9.47 Å². The monoisotopic (exact) mass is 378 g/mol. The summed E-state index contributed by atoms with van der Waals surface area (Å²) >= 11 is 0. The zero-order valence-corrected chi connectivity index (χ0v) is 16.0. The van der Waals surface area contributed by atoms with Crippen molar-refractivity contribution in [2.24, 2.45) is 0 Å². The van der Waals surface area contributed by atoms with Crippen molar-refractivity contribution in [1.29, 1.82) is 0 Å². The third kappa shape index (κ3) is 3.73. The summed E-state index contributed by atoms with van der Waals surface area (Å²) < 4.78 is 12.8. The Kier molecular flexibility index (Phi) is 4.95. The van der Waals surface area contributed by atoms with Crippen LogP contribution >= 0.6 is 0 Å². The van der Waals surface area contributed by atoms with Gasteiger partial charge in [0.2, 0.25) is 0 Å². The SMILES string of the molecule is c1ccc(-c2ccc(C3O[C@H](c4ccccc4)[C@@H](c4ccccc4)O3)cc2)cc1. The highest BCUT2D eigenvalue weighted by atomic mass is 16.7. The van der Waals surface area contributed by atoms with E-state index in [0.29, 0.717) is 0 Å². The Balaban J connectivity index is 1.44. The predicted octanol–water partition coefficient (Wildman–Crippen LogP) is 6.88. The number of ether oxygens (including phenoxy) is 2. The van der Waals surface area contributed by atoms with Crippen molar-refractivity contribution in [3.8, 4) is 11.1 Å². The van der Waals surface area contributed by atoms with Gasteiger partial charge in [-0.1, -0.05) is 115 Å². The topological polar surface area (TPSA) is 18.5 Å². The van der Waals surface area contributed by atoms with Crippen molar-refractivity contribution in [3.05, 3.63) is 132 Å².